The van der Waals surface area contributed by atoms with Crippen molar-refractivity contribution in [3.8, 4) is 6.07 Å². The molecule has 0 amide bonds. The van der Waals surface area contributed by atoms with E-state index < -0.39 is 0 Å². The van der Waals surface area contributed by atoms with Gasteiger partial charge in [-0.15, -0.1) is 0 Å². The van der Waals surface area contributed by atoms with Gasteiger partial charge in [-0.1, -0.05) is 25.3 Å². The van der Waals surface area contributed by atoms with Gasteiger partial charge in [-0.05, 0) is 6.08 Å². The molecule has 0 saturated heterocycles. The van der Waals surface area contributed by atoms with Crippen LogP contribution in [0.1, 0.15) is 0 Å². The van der Waals surface area contributed by atoms with Gasteiger partial charge in [0.15, 0.2) is 0 Å². The van der Waals surface area contributed by atoms with E-state index in [0.29, 0.717) is 5.57 Å². The van der Waals surface area contributed by atoms with Crippen molar-refractivity contribution in [2.24, 2.45) is 0 Å². The fourth-order valence-corrected chi connectivity index (χ4v) is 0.278. The summed E-state index contributed by atoms with van der Waals surface area (Å²) in [5.74, 6) is 0. The highest BCUT2D eigenvalue weighted by Crippen LogP contribution is 1.90. The summed E-state index contributed by atoms with van der Waals surface area (Å²) in [6, 6.07) is 1.92. The second kappa shape index (κ2) is 3.89. The fourth-order valence-electron chi connectivity index (χ4n) is 0.278. The van der Waals surface area contributed by atoms with Crippen LogP contribution in [0, 0.1) is 11.3 Å². The zero-order valence-corrected chi connectivity index (χ0v) is 4.59. The Balaban J connectivity index is 4.12. The van der Waals surface area contributed by atoms with Crippen molar-refractivity contribution in [1.29, 1.82) is 5.26 Å². The van der Waals surface area contributed by atoms with Crippen molar-refractivity contribution in [1.82, 2.24) is 0 Å². The maximum absolute atomic E-state index is 8.22. The highest BCUT2D eigenvalue weighted by Gasteiger charge is 1.78. The maximum atomic E-state index is 8.22. The molecule has 0 aliphatic heterocycles. The molecule has 0 aromatic carbocycles. The van der Waals surface area contributed by atoms with Crippen molar-refractivity contribution in [2.75, 3.05) is 0 Å². The van der Waals surface area contributed by atoms with Gasteiger partial charge in [0.25, 0.3) is 0 Å². The van der Waals surface area contributed by atoms with E-state index in [-0.39, 0.29) is 0 Å². The molecule has 8 heavy (non-hydrogen) atoms. The molecular weight excluding hydrogens is 98.1 g/mol. The van der Waals surface area contributed by atoms with Gasteiger partial charge in [-0.25, -0.2) is 0 Å². The molecule has 0 saturated carbocycles. The summed E-state index contributed by atoms with van der Waals surface area (Å²) in [5, 5.41) is 8.22. The Labute approximate surface area is 49.3 Å². The largest absolute Gasteiger partial charge is 0.192 e. The number of allylic oxidation sites excluding steroid dienone is 4. The Morgan fingerprint density at radius 1 is 1.50 bits per heavy atom. The summed E-state index contributed by atoms with van der Waals surface area (Å²) in [7, 11) is 0. The minimum absolute atomic E-state index is 0.542. The van der Waals surface area contributed by atoms with Crippen LogP contribution in [0.2, 0.25) is 0 Å². The fraction of sp³-hybridized carbons (Fsp3) is 0. The molecule has 0 aromatic rings. The zero-order chi connectivity index (χ0) is 6.41. The summed E-state index contributed by atoms with van der Waals surface area (Å²) in [6.07, 6.45) is 4.65. The average molecular weight is 105 g/mol. The lowest BCUT2D eigenvalue weighted by Crippen LogP contribution is -1.64. The minimum Gasteiger partial charge on any atom is -0.192 e. The minimum atomic E-state index is 0.542. The highest BCUT2D eigenvalue weighted by molar-refractivity contribution is 5.33. The van der Waals surface area contributed by atoms with Crippen LogP contribution < -0.4 is 0 Å². The Morgan fingerprint density at radius 2 is 2.12 bits per heavy atom. The Bertz CT molecular complexity index is 158. The van der Waals surface area contributed by atoms with E-state index in [1.54, 1.807) is 12.2 Å². The molecule has 40 valence electrons. The van der Waals surface area contributed by atoms with Crippen LogP contribution in [-0.4, -0.2) is 0 Å². The molecule has 0 aromatic heterocycles. The Hall–Kier alpha value is -1.29. The third kappa shape index (κ3) is 1.99. The molecule has 0 bridgehead atoms. The first-order chi connectivity index (χ1) is 3.85. The van der Waals surface area contributed by atoms with Gasteiger partial charge in [0.05, 0.1) is 11.6 Å². The predicted octanol–water partition coefficient (Wildman–Crippen LogP) is 1.81. The summed E-state index contributed by atoms with van der Waals surface area (Å²) in [5.41, 5.74) is 0.542. The number of nitriles is 1. The normalized spacial score (nSPS) is 9.62. The first-order valence-corrected chi connectivity index (χ1v) is 2.20. The van der Waals surface area contributed by atoms with E-state index in [4.69, 9.17) is 5.26 Å². The van der Waals surface area contributed by atoms with E-state index in [9.17, 15) is 0 Å². The first kappa shape index (κ1) is 6.71. The van der Waals surface area contributed by atoms with E-state index in [1.165, 1.54) is 6.08 Å². The molecule has 0 aliphatic rings. The van der Waals surface area contributed by atoms with Crippen molar-refractivity contribution in [2.45, 2.75) is 0 Å². The van der Waals surface area contributed by atoms with E-state index in [0.717, 1.165) is 0 Å². The topological polar surface area (TPSA) is 23.8 Å². The van der Waals surface area contributed by atoms with Crippen LogP contribution in [-0.2, 0) is 0 Å². The molecular formula is C7H7N. The Kier molecular flexibility index (Phi) is 3.26. The molecule has 0 N–H and O–H groups in total. The third-order valence-electron chi connectivity index (χ3n) is 0.646. The van der Waals surface area contributed by atoms with Crippen molar-refractivity contribution in [3.05, 3.63) is 37.0 Å². The van der Waals surface area contributed by atoms with Gasteiger partial charge < -0.3 is 0 Å². The summed E-state index contributed by atoms with van der Waals surface area (Å²) in [6.45, 7) is 6.83. The van der Waals surface area contributed by atoms with Gasteiger partial charge in [-0.3, -0.25) is 0 Å². The lowest BCUT2D eigenvalue weighted by atomic mass is 10.3. The second-order valence-electron chi connectivity index (χ2n) is 1.17. The molecule has 1 nitrogen and oxygen atoms in total. The van der Waals surface area contributed by atoms with Gasteiger partial charge in [0.1, 0.15) is 0 Å². The lowest BCUT2D eigenvalue weighted by molar-refractivity contribution is 1.50. The molecule has 0 spiro atoms. The molecule has 0 rings (SSSR count). The lowest BCUT2D eigenvalue weighted by Gasteiger charge is -1.76. The number of hydrogen-bond acceptors (Lipinski definition) is 1. The third-order valence-corrected chi connectivity index (χ3v) is 0.646. The van der Waals surface area contributed by atoms with Crippen LogP contribution in [0.4, 0.5) is 0 Å². The van der Waals surface area contributed by atoms with Crippen LogP contribution >= 0.6 is 0 Å². The quantitative estimate of drug-likeness (QED) is 0.388. The van der Waals surface area contributed by atoms with Crippen LogP contribution in [0.15, 0.2) is 37.0 Å². The molecule has 0 aliphatic carbocycles. The predicted molar refractivity (Wildman–Crippen MR) is 34.1 cm³/mol. The summed E-state index contributed by atoms with van der Waals surface area (Å²) < 4.78 is 0. The second-order valence-corrected chi connectivity index (χ2v) is 1.17. The van der Waals surface area contributed by atoms with Gasteiger partial charge >= 0.3 is 0 Å². The first-order valence-electron chi connectivity index (χ1n) is 2.20. The summed E-state index contributed by atoms with van der Waals surface area (Å²) >= 11 is 0. The van der Waals surface area contributed by atoms with Crippen LogP contribution in [0.25, 0.3) is 0 Å². The van der Waals surface area contributed by atoms with E-state index in [1.807, 2.05) is 6.07 Å². The SMILES string of the molecule is C=C/C=C(\C#N)C=C. The highest BCUT2D eigenvalue weighted by atomic mass is 14.2. The average Bonchev–Trinajstić information content (AvgIpc) is 1.83. The van der Waals surface area contributed by atoms with Gasteiger partial charge in [-0.2, -0.15) is 5.26 Å². The van der Waals surface area contributed by atoms with Crippen molar-refractivity contribution >= 4 is 0 Å². The molecule has 0 unspecified atom stereocenters. The number of rotatable bonds is 2. The molecule has 1 heteroatoms. The monoisotopic (exact) mass is 105 g/mol. The summed E-state index contributed by atoms with van der Waals surface area (Å²) in [4.78, 5) is 0. The van der Waals surface area contributed by atoms with Gasteiger partial charge in [0, 0.05) is 0 Å². The molecule has 0 fully saturated rings. The molecule has 0 heterocycles. The molecule has 0 radical (unpaired) electrons. The zero-order valence-electron chi connectivity index (χ0n) is 4.59. The standard InChI is InChI=1S/C7H7N/c1-3-5-7(4-2)6-8/h3-5H,1-2H2/b7-5-. The van der Waals surface area contributed by atoms with Crippen LogP contribution in [0.5, 0.6) is 0 Å². The van der Waals surface area contributed by atoms with Crippen molar-refractivity contribution < 1.29 is 0 Å². The van der Waals surface area contributed by atoms with Crippen molar-refractivity contribution in [3.63, 3.8) is 0 Å². The maximum Gasteiger partial charge on any atom is 0.0991 e. The smallest absolute Gasteiger partial charge is 0.0991 e. The Morgan fingerprint density at radius 3 is 2.25 bits per heavy atom. The number of hydrogen-bond donors (Lipinski definition) is 0. The number of nitrogens with zero attached hydrogens (tertiary/aromatic N) is 1. The van der Waals surface area contributed by atoms with E-state index in [2.05, 4.69) is 13.2 Å². The van der Waals surface area contributed by atoms with Crippen LogP contribution in [0.3, 0.4) is 0 Å². The van der Waals surface area contributed by atoms with Gasteiger partial charge in [0.2, 0.25) is 0 Å². The molecule has 0 atom stereocenters. The van der Waals surface area contributed by atoms with E-state index >= 15 is 0 Å².